The molecule has 6 heteroatoms. The van der Waals surface area contributed by atoms with Gasteiger partial charge in [-0.3, -0.25) is 9.59 Å². The zero-order valence-corrected chi connectivity index (χ0v) is 41.2. The van der Waals surface area contributed by atoms with Crippen molar-refractivity contribution in [2.24, 2.45) is 11.8 Å². The normalized spacial score (nSPS) is 11.7. The van der Waals surface area contributed by atoms with Gasteiger partial charge in [0.05, 0.1) is 25.0 Å². The molecular weight excluding hydrogens is 750 g/mol. The van der Waals surface area contributed by atoms with Gasteiger partial charge in [-0.05, 0) is 77.4 Å². The molecule has 0 aromatic rings. The van der Waals surface area contributed by atoms with E-state index in [0.29, 0.717) is 13.2 Å². The average molecular weight is 855 g/mol. The molecule has 0 saturated carbocycles. The van der Waals surface area contributed by atoms with E-state index < -0.39 is 0 Å². The number of carbonyl (C=O) groups excluding carboxylic acids is 2. The Morgan fingerprint density at radius 3 is 0.915 bits per heavy atom. The summed E-state index contributed by atoms with van der Waals surface area (Å²) >= 11 is 6.09. The van der Waals surface area contributed by atoms with Crippen molar-refractivity contribution in [1.29, 1.82) is 0 Å². The SMILES string of the molecule is CCCCCCCCC(CCCCCCCC)C(=O)OCCCCCCCN(CCCCl)CCCCCCCOC(=O)C(CCCCCCCC)CCCCCCCC. The Morgan fingerprint density at radius 2 is 0.610 bits per heavy atom. The van der Waals surface area contributed by atoms with Crippen LogP contribution in [0.2, 0.25) is 0 Å². The van der Waals surface area contributed by atoms with Gasteiger partial charge in [-0.25, -0.2) is 0 Å². The zero-order chi connectivity index (χ0) is 43.1. The molecule has 0 amide bonds. The molecule has 0 N–H and O–H groups in total. The lowest BCUT2D eigenvalue weighted by Gasteiger charge is -2.22. The van der Waals surface area contributed by atoms with Gasteiger partial charge >= 0.3 is 11.9 Å². The number of esters is 2. The summed E-state index contributed by atoms with van der Waals surface area (Å²) < 4.78 is 11.7. The fourth-order valence-electron chi connectivity index (χ4n) is 8.58. The van der Waals surface area contributed by atoms with Crippen LogP contribution in [-0.2, 0) is 19.1 Å². The Bertz CT molecular complexity index is 759. The summed E-state index contributed by atoms with van der Waals surface area (Å²) in [5, 5.41) is 0. The number of alkyl halides is 1. The van der Waals surface area contributed by atoms with Crippen LogP contribution >= 0.6 is 11.6 Å². The van der Waals surface area contributed by atoms with Gasteiger partial charge in [-0.15, -0.1) is 11.6 Å². The highest BCUT2D eigenvalue weighted by atomic mass is 35.5. The molecular formula is C53H104ClNO4. The molecule has 59 heavy (non-hydrogen) atoms. The maximum atomic E-state index is 13.1. The molecule has 0 aromatic carbocycles. The summed E-state index contributed by atoms with van der Waals surface area (Å²) in [6.07, 6.45) is 47.4. The number of halogens is 1. The van der Waals surface area contributed by atoms with Crippen LogP contribution in [0, 0.1) is 11.8 Å². The first-order chi connectivity index (χ1) is 29.0. The number of hydrogen-bond donors (Lipinski definition) is 0. The minimum absolute atomic E-state index is 0.0757. The predicted octanol–water partition coefficient (Wildman–Crippen LogP) is 17.1. The zero-order valence-electron chi connectivity index (χ0n) is 40.4. The van der Waals surface area contributed by atoms with E-state index in [2.05, 4.69) is 32.6 Å². The van der Waals surface area contributed by atoms with Crippen LogP contribution in [0.4, 0.5) is 0 Å². The molecule has 0 aromatic heterocycles. The second-order valence-electron chi connectivity index (χ2n) is 18.4. The lowest BCUT2D eigenvalue weighted by molar-refractivity contribution is -0.150. The minimum Gasteiger partial charge on any atom is -0.465 e. The molecule has 352 valence electrons. The van der Waals surface area contributed by atoms with E-state index in [4.69, 9.17) is 21.1 Å². The van der Waals surface area contributed by atoms with Crippen LogP contribution in [0.3, 0.4) is 0 Å². The molecule has 0 rings (SSSR count). The lowest BCUT2D eigenvalue weighted by Crippen LogP contribution is -2.27. The molecule has 0 spiro atoms. The quantitative estimate of drug-likeness (QED) is 0.0347. The fourth-order valence-corrected chi connectivity index (χ4v) is 8.70. The highest BCUT2D eigenvalue weighted by molar-refractivity contribution is 6.17. The molecule has 5 nitrogen and oxygen atoms in total. The third-order valence-electron chi connectivity index (χ3n) is 12.6. The van der Waals surface area contributed by atoms with Crippen molar-refractivity contribution in [2.45, 2.75) is 278 Å². The van der Waals surface area contributed by atoms with E-state index in [1.54, 1.807) is 0 Å². The highest BCUT2D eigenvalue weighted by Crippen LogP contribution is 2.23. The first-order valence-corrected chi connectivity index (χ1v) is 27.2. The fraction of sp³-hybridized carbons (Fsp3) is 0.962. The van der Waals surface area contributed by atoms with Gasteiger partial charge in [0, 0.05) is 5.88 Å². The third kappa shape index (κ3) is 41.0. The topological polar surface area (TPSA) is 55.8 Å². The van der Waals surface area contributed by atoms with Crippen molar-refractivity contribution in [3.63, 3.8) is 0 Å². The van der Waals surface area contributed by atoms with Crippen molar-refractivity contribution in [2.75, 3.05) is 38.7 Å². The van der Waals surface area contributed by atoms with Gasteiger partial charge in [0.1, 0.15) is 0 Å². The number of rotatable bonds is 49. The predicted molar refractivity (Wildman–Crippen MR) is 259 cm³/mol. The smallest absolute Gasteiger partial charge is 0.308 e. The van der Waals surface area contributed by atoms with Gasteiger partial charge in [-0.2, -0.15) is 0 Å². The van der Waals surface area contributed by atoms with Gasteiger partial charge in [0.15, 0.2) is 0 Å². The number of hydrogen-bond acceptors (Lipinski definition) is 5. The maximum Gasteiger partial charge on any atom is 0.308 e. The molecule has 0 radical (unpaired) electrons. The van der Waals surface area contributed by atoms with Gasteiger partial charge in [0.25, 0.3) is 0 Å². The first kappa shape index (κ1) is 58.2. The average Bonchev–Trinajstić information content (AvgIpc) is 3.24. The van der Waals surface area contributed by atoms with Gasteiger partial charge in [-0.1, -0.05) is 220 Å². The molecule has 0 bridgehead atoms. The number of carbonyl (C=O) groups is 2. The van der Waals surface area contributed by atoms with Crippen LogP contribution < -0.4 is 0 Å². The van der Waals surface area contributed by atoms with Crippen LogP contribution in [-0.4, -0.2) is 55.6 Å². The summed E-state index contributed by atoms with van der Waals surface area (Å²) in [5.41, 5.74) is 0. The van der Waals surface area contributed by atoms with E-state index in [0.717, 1.165) is 83.3 Å². The van der Waals surface area contributed by atoms with Crippen molar-refractivity contribution >= 4 is 23.5 Å². The second-order valence-corrected chi connectivity index (χ2v) is 18.8. The largest absolute Gasteiger partial charge is 0.465 e. The van der Waals surface area contributed by atoms with E-state index in [-0.39, 0.29) is 23.8 Å². The van der Waals surface area contributed by atoms with Crippen LogP contribution in [0.5, 0.6) is 0 Å². The molecule has 0 saturated heterocycles. The van der Waals surface area contributed by atoms with Gasteiger partial charge < -0.3 is 14.4 Å². The first-order valence-electron chi connectivity index (χ1n) is 26.6. The molecule has 0 heterocycles. The Labute approximate surface area is 374 Å². The van der Waals surface area contributed by atoms with E-state index in [1.807, 2.05) is 0 Å². The van der Waals surface area contributed by atoms with E-state index >= 15 is 0 Å². The molecule has 0 aliphatic rings. The Kier molecular flexibility index (Phi) is 47.6. The summed E-state index contributed by atoms with van der Waals surface area (Å²) in [4.78, 5) is 28.7. The second kappa shape index (κ2) is 48.2. The molecule has 0 aliphatic carbocycles. The Morgan fingerprint density at radius 1 is 0.356 bits per heavy atom. The summed E-state index contributed by atoms with van der Waals surface area (Å²) in [5.74, 6) is 1.09. The summed E-state index contributed by atoms with van der Waals surface area (Å²) in [7, 11) is 0. The number of nitrogens with zero attached hydrogens (tertiary/aromatic N) is 1. The summed E-state index contributed by atoms with van der Waals surface area (Å²) in [6, 6.07) is 0. The van der Waals surface area contributed by atoms with Gasteiger partial charge in [0.2, 0.25) is 0 Å². The Hall–Kier alpha value is -0.810. The van der Waals surface area contributed by atoms with Crippen LogP contribution in [0.15, 0.2) is 0 Å². The standard InChI is InChI=1S/C53H104ClNO4/c1-5-9-13-17-23-31-40-50(41-32-24-18-14-10-6-2)52(56)58-48-37-29-21-27-35-45-55(47-39-44-54)46-36-28-22-30-38-49-59-53(57)51(42-33-25-19-15-11-7-3)43-34-26-20-16-12-8-4/h50-51H,5-49H2,1-4H3. The van der Waals surface area contributed by atoms with Crippen LogP contribution in [0.1, 0.15) is 278 Å². The van der Waals surface area contributed by atoms with Crippen molar-refractivity contribution in [3.05, 3.63) is 0 Å². The highest BCUT2D eigenvalue weighted by Gasteiger charge is 2.20. The Balaban J connectivity index is 4.28. The number of ether oxygens (including phenoxy) is 2. The third-order valence-corrected chi connectivity index (χ3v) is 12.9. The molecule has 0 fully saturated rings. The van der Waals surface area contributed by atoms with Crippen LogP contribution in [0.25, 0.3) is 0 Å². The molecule has 0 atom stereocenters. The van der Waals surface area contributed by atoms with E-state index in [9.17, 15) is 9.59 Å². The van der Waals surface area contributed by atoms with Crippen molar-refractivity contribution < 1.29 is 19.1 Å². The van der Waals surface area contributed by atoms with E-state index in [1.165, 1.54) is 193 Å². The lowest BCUT2D eigenvalue weighted by atomic mass is 9.94. The minimum atomic E-state index is 0.0757. The maximum absolute atomic E-state index is 13.1. The van der Waals surface area contributed by atoms with Crippen molar-refractivity contribution in [1.82, 2.24) is 4.90 Å². The molecule has 0 aliphatic heterocycles. The number of unbranched alkanes of at least 4 members (excludes halogenated alkanes) is 28. The summed E-state index contributed by atoms with van der Waals surface area (Å²) in [6.45, 7) is 13.6. The molecule has 0 unspecified atom stereocenters. The monoisotopic (exact) mass is 854 g/mol. The van der Waals surface area contributed by atoms with Crippen molar-refractivity contribution in [3.8, 4) is 0 Å².